The minimum atomic E-state index is -4.45. The van der Waals surface area contributed by atoms with Crippen molar-refractivity contribution in [1.29, 1.82) is 0 Å². The van der Waals surface area contributed by atoms with Gasteiger partial charge in [-0.25, -0.2) is 9.67 Å². The highest BCUT2D eigenvalue weighted by Crippen LogP contribution is 2.28. The molecule has 2 N–H and O–H groups in total. The lowest BCUT2D eigenvalue weighted by molar-refractivity contribution is -0.145. The van der Waals surface area contributed by atoms with Gasteiger partial charge in [-0.1, -0.05) is 0 Å². The van der Waals surface area contributed by atoms with Crippen LogP contribution in [0.15, 0.2) is 0 Å². The Hall–Kier alpha value is -1.11. The van der Waals surface area contributed by atoms with Crippen molar-refractivity contribution in [3.8, 4) is 0 Å². The van der Waals surface area contributed by atoms with Gasteiger partial charge >= 0.3 is 6.18 Å². The topological polar surface area (TPSA) is 56.7 Å². The summed E-state index contributed by atoms with van der Waals surface area (Å²) in [6.45, 7) is 1.05. The Morgan fingerprint density at radius 3 is 2.81 bits per heavy atom. The molecule has 0 aliphatic carbocycles. The number of nitrogens with zero attached hydrogens (tertiary/aromatic N) is 3. The maximum Gasteiger partial charge on any atom is 0.453 e. The molecule has 0 spiro atoms. The van der Waals surface area contributed by atoms with Gasteiger partial charge in [0, 0.05) is 13.0 Å². The molecule has 0 fully saturated rings. The minimum absolute atomic E-state index is 0.320. The Kier molecular flexibility index (Phi) is 2.88. The van der Waals surface area contributed by atoms with Crippen LogP contribution >= 0.6 is 0 Å². The molecule has 1 aliphatic heterocycles. The number of nitrogens with two attached hydrogens (primary N) is 1. The van der Waals surface area contributed by atoms with Crippen LogP contribution in [0.2, 0.25) is 0 Å². The fraction of sp³-hybridized carbons (Fsp3) is 0.778. The zero-order chi connectivity index (χ0) is 11.8. The molecule has 0 radical (unpaired) electrons. The van der Waals surface area contributed by atoms with Gasteiger partial charge in [0.15, 0.2) is 0 Å². The zero-order valence-electron chi connectivity index (χ0n) is 8.67. The van der Waals surface area contributed by atoms with Gasteiger partial charge in [-0.2, -0.15) is 13.2 Å². The molecule has 90 valence electrons. The van der Waals surface area contributed by atoms with Crippen molar-refractivity contribution in [2.24, 2.45) is 11.7 Å². The van der Waals surface area contributed by atoms with E-state index in [2.05, 4.69) is 10.1 Å². The van der Waals surface area contributed by atoms with Crippen molar-refractivity contribution < 1.29 is 13.2 Å². The van der Waals surface area contributed by atoms with Crippen LogP contribution in [-0.4, -0.2) is 21.3 Å². The molecule has 0 bridgehead atoms. The maximum absolute atomic E-state index is 12.4. The third kappa shape index (κ3) is 2.18. The molecule has 0 saturated heterocycles. The fourth-order valence-electron chi connectivity index (χ4n) is 1.97. The molecule has 1 aromatic rings. The van der Waals surface area contributed by atoms with E-state index in [1.54, 1.807) is 0 Å². The Bertz CT molecular complexity index is 371. The molecule has 0 saturated carbocycles. The highest BCUT2D eigenvalue weighted by molar-refractivity contribution is 4.99. The summed E-state index contributed by atoms with van der Waals surface area (Å²) in [5.74, 6) is -0.281. The summed E-state index contributed by atoms with van der Waals surface area (Å²) in [7, 11) is 0. The zero-order valence-corrected chi connectivity index (χ0v) is 8.67. The van der Waals surface area contributed by atoms with Crippen LogP contribution in [0, 0.1) is 5.92 Å². The second-order valence-electron chi connectivity index (χ2n) is 4.01. The van der Waals surface area contributed by atoms with Crippen molar-refractivity contribution in [1.82, 2.24) is 14.8 Å². The molecule has 1 aliphatic rings. The van der Waals surface area contributed by atoms with Crippen LogP contribution in [0.3, 0.4) is 0 Å². The summed E-state index contributed by atoms with van der Waals surface area (Å²) in [6, 6.07) is 0. The number of hydrogen-bond acceptors (Lipinski definition) is 3. The SMILES string of the molecule is NCCC1CCc2nc(C(F)(F)F)nn2C1. The first-order valence-electron chi connectivity index (χ1n) is 5.21. The second-order valence-corrected chi connectivity index (χ2v) is 4.01. The molecule has 0 amide bonds. The fourth-order valence-corrected chi connectivity index (χ4v) is 1.97. The number of alkyl halides is 3. The molecular weight excluding hydrogens is 221 g/mol. The highest BCUT2D eigenvalue weighted by Gasteiger charge is 2.37. The van der Waals surface area contributed by atoms with Gasteiger partial charge in [0.1, 0.15) is 5.82 Å². The van der Waals surface area contributed by atoms with E-state index < -0.39 is 12.0 Å². The summed E-state index contributed by atoms with van der Waals surface area (Å²) < 4.78 is 38.5. The van der Waals surface area contributed by atoms with Gasteiger partial charge in [-0.05, 0) is 25.3 Å². The van der Waals surface area contributed by atoms with Gasteiger partial charge in [-0.3, -0.25) is 0 Å². The quantitative estimate of drug-likeness (QED) is 0.836. The van der Waals surface area contributed by atoms with E-state index in [1.807, 2.05) is 0 Å². The van der Waals surface area contributed by atoms with E-state index in [4.69, 9.17) is 5.73 Å². The Balaban J connectivity index is 2.17. The predicted molar refractivity (Wildman–Crippen MR) is 50.5 cm³/mol. The molecule has 1 aromatic heterocycles. The van der Waals surface area contributed by atoms with E-state index >= 15 is 0 Å². The maximum atomic E-state index is 12.4. The lowest BCUT2D eigenvalue weighted by Crippen LogP contribution is -2.23. The molecule has 1 unspecified atom stereocenters. The summed E-state index contributed by atoms with van der Waals surface area (Å²) in [4.78, 5) is 3.51. The lowest BCUT2D eigenvalue weighted by atomic mass is 9.96. The molecular formula is C9H13F3N4. The largest absolute Gasteiger partial charge is 0.453 e. The van der Waals surface area contributed by atoms with Crippen LogP contribution in [-0.2, 0) is 19.1 Å². The molecule has 0 aromatic carbocycles. The van der Waals surface area contributed by atoms with Gasteiger partial charge in [0.25, 0.3) is 5.82 Å². The summed E-state index contributed by atoms with van der Waals surface area (Å²) in [5, 5.41) is 3.49. The third-order valence-corrected chi connectivity index (χ3v) is 2.78. The second kappa shape index (κ2) is 4.04. The molecule has 2 rings (SSSR count). The molecule has 16 heavy (non-hydrogen) atoms. The molecule has 2 heterocycles. The average Bonchev–Trinajstić information content (AvgIpc) is 2.60. The van der Waals surface area contributed by atoms with E-state index in [-0.39, 0.29) is 0 Å². The molecule has 7 heteroatoms. The lowest BCUT2D eigenvalue weighted by Gasteiger charge is -2.21. The number of fused-ring (bicyclic) bond motifs is 1. The van der Waals surface area contributed by atoms with Crippen LogP contribution in [0.4, 0.5) is 13.2 Å². The van der Waals surface area contributed by atoms with Crippen molar-refractivity contribution in [2.75, 3.05) is 6.54 Å². The first kappa shape index (κ1) is 11.4. The summed E-state index contributed by atoms with van der Waals surface area (Å²) in [6.07, 6.45) is -2.24. The number of halogens is 3. The minimum Gasteiger partial charge on any atom is -0.330 e. The molecule has 4 nitrogen and oxygen atoms in total. The van der Waals surface area contributed by atoms with Crippen LogP contribution in [0.1, 0.15) is 24.5 Å². The first-order valence-corrected chi connectivity index (χ1v) is 5.21. The third-order valence-electron chi connectivity index (χ3n) is 2.78. The van der Waals surface area contributed by atoms with E-state index in [1.165, 1.54) is 4.68 Å². The first-order chi connectivity index (χ1) is 7.50. The average molecular weight is 234 g/mol. The van der Waals surface area contributed by atoms with Gasteiger partial charge in [0.05, 0.1) is 0 Å². The van der Waals surface area contributed by atoms with E-state index in [0.29, 0.717) is 31.3 Å². The Labute approximate surface area is 90.6 Å². The van der Waals surface area contributed by atoms with Gasteiger partial charge in [-0.15, -0.1) is 5.10 Å². The Morgan fingerprint density at radius 2 is 2.19 bits per heavy atom. The number of rotatable bonds is 2. The number of aromatic nitrogens is 3. The molecule has 1 atom stereocenters. The Morgan fingerprint density at radius 1 is 1.44 bits per heavy atom. The van der Waals surface area contributed by atoms with Gasteiger partial charge in [0.2, 0.25) is 0 Å². The predicted octanol–water partition coefficient (Wildman–Crippen LogP) is 1.21. The smallest absolute Gasteiger partial charge is 0.330 e. The standard InChI is InChI=1S/C9H13F3N4/c10-9(11,12)8-14-7-2-1-6(3-4-13)5-16(7)15-8/h6H,1-5,13H2. The highest BCUT2D eigenvalue weighted by atomic mass is 19.4. The van der Waals surface area contributed by atoms with Gasteiger partial charge < -0.3 is 5.73 Å². The van der Waals surface area contributed by atoms with Crippen LogP contribution in [0.5, 0.6) is 0 Å². The van der Waals surface area contributed by atoms with Crippen LogP contribution < -0.4 is 5.73 Å². The van der Waals surface area contributed by atoms with E-state index in [9.17, 15) is 13.2 Å². The van der Waals surface area contributed by atoms with E-state index in [0.717, 1.165) is 12.8 Å². The van der Waals surface area contributed by atoms with Crippen LogP contribution in [0.25, 0.3) is 0 Å². The number of aryl methyl sites for hydroxylation is 1. The monoisotopic (exact) mass is 234 g/mol. The summed E-state index contributed by atoms with van der Waals surface area (Å²) >= 11 is 0. The number of hydrogen-bond donors (Lipinski definition) is 1. The van der Waals surface area contributed by atoms with Crippen molar-refractivity contribution in [3.63, 3.8) is 0 Å². The van der Waals surface area contributed by atoms with Crippen molar-refractivity contribution in [2.45, 2.75) is 32.0 Å². The summed E-state index contributed by atoms with van der Waals surface area (Å²) in [5.41, 5.74) is 5.43. The van der Waals surface area contributed by atoms with Crippen molar-refractivity contribution >= 4 is 0 Å². The van der Waals surface area contributed by atoms with Crippen molar-refractivity contribution in [3.05, 3.63) is 11.6 Å². The normalized spacial score (nSPS) is 20.9.